The predicted octanol–water partition coefficient (Wildman–Crippen LogP) is 0.820. The molecule has 94 valence electrons. The quantitative estimate of drug-likeness (QED) is 0.773. The van der Waals surface area contributed by atoms with Gasteiger partial charge < -0.3 is 5.73 Å². The van der Waals surface area contributed by atoms with E-state index in [-0.39, 0.29) is 11.2 Å². The molecular formula is C11H22N2O2S. The predicted molar refractivity (Wildman–Crippen MR) is 64.1 cm³/mol. The minimum Gasteiger partial charge on any atom is -0.330 e. The third kappa shape index (κ3) is 2.13. The highest BCUT2D eigenvalue weighted by Gasteiger charge is 2.50. The number of sulfonamides is 1. The van der Waals surface area contributed by atoms with Gasteiger partial charge in [-0.15, -0.1) is 0 Å². The Morgan fingerprint density at radius 3 is 1.81 bits per heavy atom. The van der Waals surface area contributed by atoms with E-state index in [1.54, 1.807) is 0 Å². The maximum atomic E-state index is 11.4. The Balaban J connectivity index is 2.30. The lowest BCUT2D eigenvalue weighted by molar-refractivity contribution is 0.00770. The highest BCUT2D eigenvalue weighted by Crippen LogP contribution is 2.53. The van der Waals surface area contributed by atoms with Crippen LogP contribution in [0.3, 0.4) is 0 Å². The number of hydrogen-bond donors (Lipinski definition) is 2. The Morgan fingerprint density at radius 1 is 1.06 bits per heavy atom. The van der Waals surface area contributed by atoms with E-state index >= 15 is 0 Å². The van der Waals surface area contributed by atoms with Crippen LogP contribution in [0.2, 0.25) is 0 Å². The smallest absolute Gasteiger partial charge is 0.209 e. The zero-order valence-electron chi connectivity index (χ0n) is 9.69. The van der Waals surface area contributed by atoms with Crippen molar-refractivity contribution in [1.29, 1.82) is 0 Å². The van der Waals surface area contributed by atoms with E-state index in [1.165, 1.54) is 12.8 Å². The van der Waals surface area contributed by atoms with Crippen molar-refractivity contribution in [1.82, 2.24) is 0 Å². The van der Waals surface area contributed by atoms with Crippen molar-refractivity contribution in [3.8, 4) is 0 Å². The SMILES string of the molecule is NCC1(CS(N)(=O)=O)C2CCCC1CCC2. The van der Waals surface area contributed by atoms with Crippen molar-refractivity contribution in [2.24, 2.45) is 28.1 Å². The van der Waals surface area contributed by atoms with Gasteiger partial charge in [0.05, 0.1) is 5.75 Å². The van der Waals surface area contributed by atoms with E-state index in [0.29, 0.717) is 18.4 Å². The molecule has 16 heavy (non-hydrogen) atoms. The van der Waals surface area contributed by atoms with Gasteiger partial charge in [-0.3, -0.25) is 0 Å². The van der Waals surface area contributed by atoms with E-state index in [4.69, 9.17) is 10.9 Å². The molecule has 0 atom stereocenters. The van der Waals surface area contributed by atoms with Crippen molar-refractivity contribution >= 4 is 10.0 Å². The van der Waals surface area contributed by atoms with E-state index < -0.39 is 10.0 Å². The average Bonchev–Trinajstić information content (AvgIpc) is 2.14. The van der Waals surface area contributed by atoms with Crippen LogP contribution in [-0.2, 0) is 10.0 Å². The second kappa shape index (κ2) is 4.27. The summed E-state index contributed by atoms with van der Waals surface area (Å²) in [7, 11) is -3.42. The minimum atomic E-state index is -3.42. The Labute approximate surface area is 97.8 Å². The number of nitrogens with two attached hydrogens (primary N) is 2. The Kier molecular flexibility index (Phi) is 3.29. The first-order chi connectivity index (χ1) is 7.48. The van der Waals surface area contributed by atoms with E-state index in [9.17, 15) is 8.42 Å². The molecule has 0 heterocycles. The van der Waals surface area contributed by atoms with Crippen LogP contribution in [0.25, 0.3) is 0 Å². The van der Waals surface area contributed by atoms with E-state index in [1.807, 2.05) is 0 Å². The molecule has 2 fully saturated rings. The largest absolute Gasteiger partial charge is 0.330 e. The molecule has 0 aliphatic heterocycles. The maximum absolute atomic E-state index is 11.4. The third-order valence-corrected chi connectivity index (χ3v) is 5.63. The molecule has 2 aliphatic carbocycles. The van der Waals surface area contributed by atoms with Gasteiger partial charge in [0.2, 0.25) is 10.0 Å². The van der Waals surface area contributed by atoms with Crippen molar-refractivity contribution in [2.45, 2.75) is 38.5 Å². The summed E-state index contributed by atoms with van der Waals surface area (Å²) in [6.07, 6.45) is 6.96. The Hall–Kier alpha value is -0.130. The molecule has 2 aliphatic rings. The molecule has 0 amide bonds. The lowest BCUT2D eigenvalue weighted by atomic mass is 9.55. The summed E-state index contributed by atoms with van der Waals surface area (Å²) >= 11 is 0. The molecule has 4 nitrogen and oxygen atoms in total. The number of hydrogen-bond acceptors (Lipinski definition) is 3. The summed E-state index contributed by atoms with van der Waals surface area (Å²) < 4.78 is 22.8. The number of fused-ring (bicyclic) bond motifs is 2. The maximum Gasteiger partial charge on any atom is 0.209 e. The zero-order valence-corrected chi connectivity index (χ0v) is 10.5. The second-order valence-corrected chi connectivity index (χ2v) is 7.11. The third-order valence-electron chi connectivity index (χ3n) is 4.69. The lowest BCUT2D eigenvalue weighted by Gasteiger charge is -2.52. The van der Waals surface area contributed by atoms with Gasteiger partial charge in [0.15, 0.2) is 0 Å². The molecular weight excluding hydrogens is 224 g/mol. The second-order valence-electron chi connectivity index (χ2n) is 5.50. The van der Waals surface area contributed by atoms with Gasteiger partial charge in [-0.1, -0.05) is 12.8 Å². The fourth-order valence-corrected chi connectivity index (χ4v) is 5.33. The fourth-order valence-electron chi connectivity index (χ4n) is 4.00. The van der Waals surface area contributed by atoms with Gasteiger partial charge >= 0.3 is 0 Å². The van der Waals surface area contributed by atoms with Gasteiger partial charge in [0.25, 0.3) is 0 Å². The van der Waals surface area contributed by atoms with Crippen molar-refractivity contribution < 1.29 is 8.42 Å². The molecule has 2 saturated carbocycles. The molecule has 0 radical (unpaired) electrons. The molecule has 2 bridgehead atoms. The topological polar surface area (TPSA) is 86.2 Å². The molecule has 0 unspecified atom stereocenters. The Bertz CT molecular complexity index is 331. The first kappa shape index (κ1) is 12.3. The van der Waals surface area contributed by atoms with Crippen LogP contribution in [0.15, 0.2) is 0 Å². The summed E-state index contributed by atoms with van der Waals surface area (Å²) in [4.78, 5) is 0. The molecule has 0 aromatic heterocycles. The van der Waals surface area contributed by atoms with Crippen LogP contribution in [0.5, 0.6) is 0 Å². The van der Waals surface area contributed by atoms with Gasteiger partial charge in [0, 0.05) is 5.41 Å². The van der Waals surface area contributed by atoms with Crippen LogP contribution >= 0.6 is 0 Å². The highest BCUT2D eigenvalue weighted by atomic mass is 32.2. The fraction of sp³-hybridized carbons (Fsp3) is 1.00. The molecule has 5 heteroatoms. The summed E-state index contributed by atoms with van der Waals surface area (Å²) in [5.41, 5.74) is 5.70. The molecule has 2 rings (SSSR count). The minimum absolute atomic E-state index is 0.0891. The van der Waals surface area contributed by atoms with Crippen LogP contribution < -0.4 is 10.9 Å². The van der Waals surface area contributed by atoms with Crippen LogP contribution in [-0.4, -0.2) is 20.7 Å². The molecule has 0 aromatic carbocycles. The summed E-state index contributed by atoms with van der Waals surface area (Å²) in [5, 5.41) is 5.25. The summed E-state index contributed by atoms with van der Waals surface area (Å²) in [6, 6.07) is 0. The number of rotatable bonds is 3. The van der Waals surface area contributed by atoms with Crippen molar-refractivity contribution in [3.05, 3.63) is 0 Å². The number of primary sulfonamides is 1. The molecule has 0 saturated heterocycles. The van der Waals surface area contributed by atoms with Gasteiger partial charge in [-0.2, -0.15) is 0 Å². The summed E-state index contributed by atoms with van der Waals surface area (Å²) in [6.45, 7) is 0.471. The van der Waals surface area contributed by atoms with Crippen molar-refractivity contribution in [3.63, 3.8) is 0 Å². The highest BCUT2D eigenvalue weighted by molar-refractivity contribution is 7.89. The van der Waals surface area contributed by atoms with E-state index in [0.717, 1.165) is 25.7 Å². The Morgan fingerprint density at radius 2 is 1.50 bits per heavy atom. The average molecular weight is 246 g/mol. The molecule has 0 aromatic rings. The first-order valence-electron chi connectivity index (χ1n) is 6.18. The monoisotopic (exact) mass is 246 g/mol. The lowest BCUT2D eigenvalue weighted by Crippen LogP contribution is -2.54. The van der Waals surface area contributed by atoms with Gasteiger partial charge in [-0.05, 0) is 44.1 Å². The van der Waals surface area contributed by atoms with Crippen LogP contribution in [0, 0.1) is 17.3 Å². The molecule has 4 N–H and O–H groups in total. The van der Waals surface area contributed by atoms with Gasteiger partial charge in [-0.25, -0.2) is 13.6 Å². The van der Waals surface area contributed by atoms with Gasteiger partial charge in [0.1, 0.15) is 0 Å². The van der Waals surface area contributed by atoms with Crippen LogP contribution in [0.4, 0.5) is 0 Å². The molecule has 0 spiro atoms. The van der Waals surface area contributed by atoms with Crippen molar-refractivity contribution in [2.75, 3.05) is 12.3 Å². The zero-order chi connectivity index (χ0) is 11.8. The standard InChI is InChI=1S/C11H22N2O2S/c12-7-11(8-16(13,14)15)9-3-1-4-10(11)6-2-5-9/h9-10H,1-8,12H2,(H2,13,14,15). The van der Waals surface area contributed by atoms with Crippen LogP contribution in [0.1, 0.15) is 38.5 Å². The van der Waals surface area contributed by atoms with E-state index in [2.05, 4.69) is 0 Å². The normalized spacial score (nSPS) is 39.6. The summed E-state index contributed by atoms with van der Waals surface area (Å²) in [5.74, 6) is 1.04. The first-order valence-corrected chi connectivity index (χ1v) is 7.90.